The number of rotatable bonds is 4. The Labute approximate surface area is 93.1 Å². The average Bonchev–Trinajstić information content (AvgIpc) is 2.15. The van der Waals surface area contributed by atoms with Gasteiger partial charge in [0.2, 0.25) is 5.91 Å². The Morgan fingerprint density at radius 1 is 1.71 bits per heavy atom. The molecule has 4 nitrogen and oxygen atoms in total. The van der Waals surface area contributed by atoms with E-state index in [1.165, 1.54) is 0 Å². The average molecular weight is 265 g/mol. The largest absolute Gasteiger partial charge is 0.374 e. The van der Waals surface area contributed by atoms with Gasteiger partial charge in [0.15, 0.2) is 0 Å². The quantitative estimate of drug-likeness (QED) is 0.739. The highest BCUT2D eigenvalue weighted by molar-refractivity contribution is 9.09. The highest BCUT2D eigenvalue weighted by atomic mass is 79.9. The maximum Gasteiger partial charge on any atom is 0.220 e. The third kappa shape index (κ3) is 4.39. The fraction of sp³-hybridized carbons (Fsp3) is 0.889. The molecule has 14 heavy (non-hydrogen) atoms. The molecule has 0 aromatic rings. The van der Waals surface area contributed by atoms with Crippen LogP contribution in [0.2, 0.25) is 0 Å². The number of hydrogen-bond acceptors (Lipinski definition) is 3. The molecule has 82 valence electrons. The van der Waals surface area contributed by atoms with E-state index in [9.17, 15) is 4.79 Å². The van der Waals surface area contributed by atoms with E-state index < -0.39 is 0 Å². The van der Waals surface area contributed by atoms with Crippen LogP contribution < -0.4 is 5.32 Å². The molecule has 0 aromatic carbocycles. The Bertz CT molecular complexity index is 190. The molecule has 0 aliphatic carbocycles. The molecule has 1 heterocycles. The van der Waals surface area contributed by atoms with Crippen molar-refractivity contribution in [1.29, 1.82) is 0 Å². The molecular formula is C9H17BrN2O2. The lowest BCUT2D eigenvalue weighted by atomic mass is 10.3. The maximum absolute atomic E-state index is 11.2. The van der Waals surface area contributed by atoms with Crippen molar-refractivity contribution in [2.75, 3.05) is 38.6 Å². The molecular weight excluding hydrogens is 248 g/mol. The van der Waals surface area contributed by atoms with Crippen LogP contribution in [-0.4, -0.2) is 55.5 Å². The summed E-state index contributed by atoms with van der Waals surface area (Å²) < 4.78 is 5.51. The van der Waals surface area contributed by atoms with Gasteiger partial charge in [-0.2, -0.15) is 0 Å². The molecule has 1 saturated heterocycles. The zero-order valence-corrected chi connectivity index (χ0v) is 10.0. The summed E-state index contributed by atoms with van der Waals surface area (Å²) in [6, 6.07) is 0. The predicted octanol–water partition coefficient (Wildman–Crippen LogP) is 0.218. The predicted molar refractivity (Wildman–Crippen MR) is 58.7 cm³/mol. The Kier molecular flexibility index (Phi) is 5.44. The highest BCUT2D eigenvalue weighted by Gasteiger charge is 2.17. The lowest BCUT2D eigenvalue weighted by Gasteiger charge is -2.30. The highest BCUT2D eigenvalue weighted by Crippen LogP contribution is 2.01. The molecule has 1 amide bonds. The van der Waals surface area contributed by atoms with Crippen molar-refractivity contribution in [3.8, 4) is 0 Å². The van der Waals surface area contributed by atoms with Crippen LogP contribution in [-0.2, 0) is 9.53 Å². The number of halogens is 1. The van der Waals surface area contributed by atoms with Crippen molar-refractivity contribution in [1.82, 2.24) is 10.2 Å². The zero-order chi connectivity index (χ0) is 10.4. The molecule has 1 fully saturated rings. The van der Waals surface area contributed by atoms with E-state index in [1.807, 2.05) is 0 Å². The first-order valence-corrected chi connectivity index (χ1v) is 5.97. The molecule has 0 bridgehead atoms. The number of carbonyl (C=O) groups is 1. The van der Waals surface area contributed by atoms with Gasteiger partial charge in [0, 0.05) is 31.4 Å². The molecule has 1 aliphatic heterocycles. The first kappa shape index (κ1) is 11.9. The fourth-order valence-corrected chi connectivity index (χ4v) is 1.75. The Balaban J connectivity index is 2.14. The second-order valence-corrected chi connectivity index (χ2v) is 4.29. The summed E-state index contributed by atoms with van der Waals surface area (Å²) in [6.45, 7) is 3.26. The van der Waals surface area contributed by atoms with Crippen molar-refractivity contribution >= 4 is 21.8 Å². The third-order valence-electron chi connectivity index (χ3n) is 2.19. The van der Waals surface area contributed by atoms with Gasteiger partial charge >= 0.3 is 0 Å². The molecule has 1 N–H and O–H groups in total. The normalized spacial score (nSPS) is 23.4. The number of nitrogens with one attached hydrogen (secondary N) is 1. The second-order valence-electron chi connectivity index (χ2n) is 3.50. The number of ether oxygens (including phenoxy) is 1. The first-order valence-electron chi connectivity index (χ1n) is 4.85. The summed E-state index contributed by atoms with van der Waals surface area (Å²) in [7, 11) is 2.07. The van der Waals surface area contributed by atoms with Gasteiger partial charge in [0.1, 0.15) is 0 Å². The van der Waals surface area contributed by atoms with Crippen LogP contribution in [0.15, 0.2) is 0 Å². The number of likely N-dealkylation sites (N-methyl/N-ethyl adjacent to an activating group) is 1. The van der Waals surface area contributed by atoms with Crippen LogP contribution >= 0.6 is 15.9 Å². The zero-order valence-electron chi connectivity index (χ0n) is 8.46. The lowest BCUT2D eigenvalue weighted by Crippen LogP contribution is -2.45. The summed E-state index contributed by atoms with van der Waals surface area (Å²) in [5.74, 6) is 0.0821. The number of hydrogen-bond donors (Lipinski definition) is 1. The van der Waals surface area contributed by atoms with Gasteiger partial charge in [0.05, 0.1) is 12.7 Å². The van der Waals surface area contributed by atoms with Crippen LogP contribution in [0.25, 0.3) is 0 Å². The van der Waals surface area contributed by atoms with Gasteiger partial charge in [-0.3, -0.25) is 4.79 Å². The van der Waals surface area contributed by atoms with Crippen molar-refractivity contribution in [3.05, 3.63) is 0 Å². The Morgan fingerprint density at radius 3 is 3.14 bits per heavy atom. The minimum absolute atomic E-state index is 0.0821. The molecule has 0 spiro atoms. The van der Waals surface area contributed by atoms with Gasteiger partial charge in [0.25, 0.3) is 0 Å². The van der Waals surface area contributed by atoms with Crippen molar-refractivity contribution in [3.63, 3.8) is 0 Å². The summed E-state index contributed by atoms with van der Waals surface area (Å²) in [5.41, 5.74) is 0. The van der Waals surface area contributed by atoms with Gasteiger partial charge in [-0.1, -0.05) is 15.9 Å². The standard InChI is InChI=1S/C9H17BrN2O2/c1-12-4-5-14-8(7-12)6-11-9(13)2-3-10/h8H,2-7H2,1H3,(H,11,13). The molecule has 1 aliphatic rings. The lowest BCUT2D eigenvalue weighted by molar-refractivity contribution is -0.121. The topological polar surface area (TPSA) is 41.6 Å². The van der Waals surface area contributed by atoms with E-state index in [1.54, 1.807) is 0 Å². The van der Waals surface area contributed by atoms with E-state index in [0.717, 1.165) is 19.7 Å². The molecule has 1 atom stereocenters. The Morgan fingerprint density at radius 2 is 2.50 bits per heavy atom. The van der Waals surface area contributed by atoms with Crippen molar-refractivity contribution < 1.29 is 9.53 Å². The summed E-state index contributed by atoms with van der Waals surface area (Å²) in [5, 5.41) is 3.57. The van der Waals surface area contributed by atoms with Crippen molar-refractivity contribution in [2.24, 2.45) is 0 Å². The van der Waals surface area contributed by atoms with E-state index in [2.05, 4.69) is 33.2 Å². The van der Waals surface area contributed by atoms with E-state index >= 15 is 0 Å². The maximum atomic E-state index is 11.2. The van der Waals surface area contributed by atoms with Gasteiger partial charge in [-0.15, -0.1) is 0 Å². The minimum atomic E-state index is 0.0821. The smallest absolute Gasteiger partial charge is 0.220 e. The first-order chi connectivity index (χ1) is 6.72. The number of morpholine rings is 1. The number of amides is 1. The second kappa shape index (κ2) is 6.37. The van der Waals surface area contributed by atoms with Crippen LogP contribution in [0.5, 0.6) is 0 Å². The number of alkyl halides is 1. The fourth-order valence-electron chi connectivity index (χ4n) is 1.39. The van der Waals surface area contributed by atoms with E-state index in [4.69, 9.17) is 4.74 Å². The minimum Gasteiger partial charge on any atom is -0.374 e. The summed E-state index contributed by atoms with van der Waals surface area (Å²) in [6.07, 6.45) is 0.677. The van der Waals surface area contributed by atoms with Crippen molar-refractivity contribution in [2.45, 2.75) is 12.5 Å². The molecule has 1 rings (SSSR count). The molecule has 0 saturated carbocycles. The van der Waals surface area contributed by atoms with Gasteiger partial charge < -0.3 is 15.0 Å². The van der Waals surface area contributed by atoms with Crippen LogP contribution in [0, 0.1) is 0 Å². The SMILES string of the molecule is CN1CCOC(CNC(=O)CCBr)C1. The number of carbonyl (C=O) groups excluding carboxylic acids is 1. The van der Waals surface area contributed by atoms with Gasteiger partial charge in [-0.25, -0.2) is 0 Å². The summed E-state index contributed by atoms with van der Waals surface area (Å²) >= 11 is 3.23. The van der Waals surface area contributed by atoms with Crippen LogP contribution in [0.1, 0.15) is 6.42 Å². The molecule has 0 radical (unpaired) electrons. The van der Waals surface area contributed by atoms with Gasteiger partial charge in [-0.05, 0) is 7.05 Å². The van der Waals surface area contributed by atoms with Crippen LogP contribution in [0.3, 0.4) is 0 Å². The monoisotopic (exact) mass is 264 g/mol. The molecule has 1 unspecified atom stereocenters. The van der Waals surface area contributed by atoms with E-state index in [-0.39, 0.29) is 12.0 Å². The number of nitrogens with zero attached hydrogens (tertiary/aromatic N) is 1. The van der Waals surface area contributed by atoms with E-state index in [0.29, 0.717) is 18.3 Å². The van der Waals surface area contributed by atoms with Crippen LogP contribution in [0.4, 0.5) is 0 Å². The summed E-state index contributed by atoms with van der Waals surface area (Å²) in [4.78, 5) is 13.4. The third-order valence-corrected chi connectivity index (χ3v) is 2.59. The molecule has 0 aromatic heterocycles. The molecule has 5 heteroatoms. The Hall–Kier alpha value is -0.130.